The van der Waals surface area contributed by atoms with Gasteiger partial charge in [0, 0.05) is 44.1 Å². The summed E-state index contributed by atoms with van der Waals surface area (Å²) < 4.78 is 2.23. The van der Waals surface area contributed by atoms with Crippen molar-refractivity contribution >= 4 is 5.96 Å². The number of imidazole rings is 1. The van der Waals surface area contributed by atoms with Gasteiger partial charge in [0.15, 0.2) is 5.96 Å². The lowest BCUT2D eigenvalue weighted by atomic mass is 9.82. The molecule has 2 aliphatic heterocycles. The molecule has 1 aromatic heterocycles. The molecule has 3 rings (SSSR count). The van der Waals surface area contributed by atoms with E-state index in [0.29, 0.717) is 18.5 Å². The van der Waals surface area contributed by atoms with Crippen LogP contribution in [-0.2, 0) is 13.1 Å². The Morgan fingerprint density at radius 2 is 2.04 bits per heavy atom. The number of rotatable bonds is 5. The molecular formula is C19H34N6. The summed E-state index contributed by atoms with van der Waals surface area (Å²) in [5, 5.41) is 7.10. The number of hydrogen-bond donors (Lipinski definition) is 2. The van der Waals surface area contributed by atoms with Crippen molar-refractivity contribution in [3.8, 4) is 0 Å². The van der Waals surface area contributed by atoms with Crippen molar-refractivity contribution in [1.29, 1.82) is 0 Å². The molecule has 0 aliphatic carbocycles. The first-order chi connectivity index (χ1) is 12.1. The van der Waals surface area contributed by atoms with Gasteiger partial charge in [0.2, 0.25) is 0 Å². The molecule has 2 N–H and O–H groups in total. The van der Waals surface area contributed by atoms with Crippen molar-refractivity contribution in [2.75, 3.05) is 14.1 Å². The average molecular weight is 347 g/mol. The van der Waals surface area contributed by atoms with Crippen LogP contribution in [0.1, 0.15) is 51.8 Å². The predicted molar refractivity (Wildman–Crippen MR) is 103 cm³/mol. The second kappa shape index (κ2) is 8.21. The lowest BCUT2D eigenvalue weighted by molar-refractivity contribution is 0.0526. The fraction of sp³-hybridized carbons (Fsp3) is 0.789. The summed E-state index contributed by atoms with van der Waals surface area (Å²) in [6, 6.07) is 1.98. The molecule has 2 aliphatic rings. The van der Waals surface area contributed by atoms with E-state index >= 15 is 0 Å². The zero-order valence-electron chi connectivity index (χ0n) is 16.2. The number of hydrogen-bond acceptors (Lipinski definition) is 3. The molecule has 0 radical (unpaired) electrons. The molecule has 3 heterocycles. The molecule has 0 spiro atoms. The molecule has 2 bridgehead atoms. The van der Waals surface area contributed by atoms with Crippen LogP contribution in [0.15, 0.2) is 17.4 Å². The Hall–Kier alpha value is -1.56. The molecule has 6 heteroatoms. The third kappa shape index (κ3) is 4.54. The number of nitrogens with one attached hydrogen (secondary N) is 2. The smallest absolute Gasteiger partial charge is 0.191 e. The van der Waals surface area contributed by atoms with Crippen molar-refractivity contribution < 1.29 is 0 Å². The highest BCUT2D eigenvalue weighted by Gasteiger charge is 2.36. The summed E-state index contributed by atoms with van der Waals surface area (Å²) in [5.74, 6) is 2.58. The monoisotopic (exact) mass is 346 g/mol. The van der Waals surface area contributed by atoms with Gasteiger partial charge in [-0.25, -0.2) is 4.98 Å². The third-order valence-electron chi connectivity index (χ3n) is 5.68. The Morgan fingerprint density at radius 3 is 2.68 bits per heavy atom. The van der Waals surface area contributed by atoms with Crippen molar-refractivity contribution in [2.45, 2.75) is 77.2 Å². The van der Waals surface area contributed by atoms with Gasteiger partial charge < -0.3 is 20.1 Å². The van der Waals surface area contributed by atoms with Crippen LogP contribution in [0, 0.1) is 5.92 Å². The van der Waals surface area contributed by atoms with E-state index in [1.165, 1.54) is 32.1 Å². The van der Waals surface area contributed by atoms with Crippen molar-refractivity contribution in [2.24, 2.45) is 10.9 Å². The number of aliphatic imine (C=N–C) groups is 1. The van der Waals surface area contributed by atoms with E-state index in [2.05, 4.69) is 57.2 Å². The number of piperidine rings is 2. The lowest BCUT2D eigenvalue weighted by Gasteiger charge is -2.47. The fourth-order valence-electron chi connectivity index (χ4n) is 4.35. The molecule has 0 saturated carbocycles. The van der Waals surface area contributed by atoms with Crippen molar-refractivity contribution in [3.63, 3.8) is 0 Å². The minimum atomic E-state index is 0.521. The molecule has 2 saturated heterocycles. The Kier molecular flexibility index (Phi) is 5.99. The van der Waals surface area contributed by atoms with Gasteiger partial charge in [0.1, 0.15) is 5.82 Å². The van der Waals surface area contributed by atoms with Gasteiger partial charge in [0.25, 0.3) is 0 Å². The summed E-state index contributed by atoms with van der Waals surface area (Å²) in [5.41, 5.74) is 0. The third-order valence-corrected chi connectivity index (χ3v) is 5.68. The van der Waals surface area contributed by atoms with E-state index in [-0.39, 0.29) is 0 Å². The Balaban J connectivity index is 1.53. The van der Waals surface area contributed by atoms with Crippen LogP contribution in [0.3, 0.4) is 0 Å². The predicted octanol–water partition coefficient (Wildman–Crippen LogP) is 2.22. The standard InChI is InChI=1S/C19H34N6/c1-14(2)13-25-9-8-21-18(25)12-22-19(20-3)23-15-10-16-6-5-7-17(11-15)24(16)4/h8-9,14-17H,5-7,10-13H2,1-4H3,(H2,20,22,23). The van der Waals surface area contributed by atoms with Crippen molar-refractivity contribution in [1.82, 2.24) is 25.1 Å². The first kappa shape index (κ1) is 18.2. The van der Waals surface area contributed by atoms with Gasteiger partial charge in [0.05, 0.1) is 6.54 Å². The van der Waals surface area contributed by atoms with Crippen LogP contribution in [0.25, 0.3) is 0 Å². The molecule has 25 heavy (non-hydrogen) atoms. The van der Waals surface area contributed by atoms with Crippen LogP contribution in [0.4, 0.5) is 0 Å². The van der Waals surface area contributed by atoms with Gasteiger partial charge >= 0.3 is 0 Å². The van der Waals surface area contributed by atoms with Crippen LogP contribution in [0.2, 0.25) is 0 Å². The zero-order valence-corrected chi connectivity index (χ0v) is 16.2. The minimum absolute atomic E-state index is 0.521. The second-order valence-electron chi connectivity index (χ2n) is 8.03. The molecule has 2 unspecified atom stereocenters. The molecule has 1 aromatic rings. The largest absolute Gasteiger partial charge is 0.354 e. The highest BCUT2D eigenvalue weighted by atomic mass is 15.2. The van der Waals surface area contributed by atoms with Crippen molar-refractivity contribution in [3.05, 3.63) is 18.2 Å². The van der Waals surface area contributed by atoms with Gasteiger partial charge in [-0.15, -0.1) is 0 Å². The summed E-state index contributed by atoms with van der Waals surface area (Å²) in [4.78, 5) is 11.5. The molecular weight excluding hydrogens is 312 g/mol. The molecule has 6 nitrogen and oxygen atoms in total. The van der Waals surface area contributed by atoms with Gasteiger partial charge in [-0.3, -0.25) is 4.99 Å². The van der Waals surface area contributed by atoms with Crippen LogP contribution >= 0.6 is 0 Å². The maximum Gasteiger partial charge on any atom is 0.191 e. The molecule has 2 fully saturated rings. The Bertz CT molecular complexity index is 564. The van der Waals surface area contributed by atoms with E-state index < -0.39 is 0 Å². The van der Waals surface area contributed by atoms with Crippen LogP contribution in [0.5, 0.6) is 0 Å². The normalized spacial score (nSPS) is 27.6. The maximum atomic E-state index is 4.49. The van der Waals surface area contributed by atoms with E-state index in [1.54, 1.807) is 0 Å². The quantitative estimate of drug-likeness (QED) is 0.634. The summed E-state index contributed by atoms with van der Waals surface area (Å²) in [6.45, 7) is 6.17. The summed E-state index contributed by atoms with van der Waals surface area (Å²) >= 11 is 0. The van der Waals surface area contributed by atoms with E-state index in [9.17, 15) is 0 Å². The fourth-order valence-corrected chi connectivity index (χ4v) is 4.35. The van der Waals surface area contributed by atoms with Gasteiger partial charge in [-0.2, -0.15) is 0 Å². The first-order valence-electron chi connectivity index (χ1n) is 9.76. The van der Waals surface area contributed by atoms with Crippen LogP contribution in [-0.4, -0.2) is 52.6 Å². The molecule has 0 amide bonds. The highest BCUT2D eigenvalue weighted by Crippen LogP contribution is 2.32. The van der Waals surface area contributed by atoms with Gasteiger partial charge in [-0.05, 0) is 38.6 Å². The number of nitrogens with zero attached hydrogens (tertiary/aromatic N) is 4. The SMILES string of the molecule is CN=C(NCc1nccn1CC(C)C)NC1CC2CCCC(C1)N2C. The highest BCUT2D eigenvalue weighted by molar-refractivity contribution is 5.79. The molecule has 140 valence electrons. The average Bonchev–Trinajstić information content (AvgIpc) is 2.98. The second-order valence-corrected chi connectivity index (χ2v) is 8.03. The van der Waals surface area contributed by atoms with E-state index in [1.807, 2.05) is 13.2 Å². The molecule has 2 atom stereocenters. The van der Waals surface area contributed by atoms with Gasteiger partial charge in [-0.1, -0.05) is 20.3 Å². The maximum absolute atomic E-state index is 4.49. The summed E-state index contributed by atoms with van der Waals surface area (Å²) in [7, 11) is 4.15. The number of fused-ring (bicyclic) bond motifs is 2. The van der Waals surface area contributed by atoms with E-state index in [0.717, 1.165) is 30.4 Å². The summed E-state index contributed by atoms with van der Waals surface area (Å²) in [6.07, 6.45) is 10.4. The zero-order chi connectivity index (χ0) is 17.8. The number of guanidine groups is 1. The minimum Gasteiger partial charge on any atom is -0.354 e. The van der Waals surface area contributed by atoms with Crippen LogP contribution < -0.4 is 10.6 Å². The molecule has 0 aromatic carbocycles. The first-order valence-corrected chi connectivity index (χ1v) is 9.76. The Labute approximate surface area is 152 Å². The van der Waals surface area contributed by atoms with E-state index in [4.69, 9.17) is 0 Å². The Morgan fingerprint density at radius 1 is 1.32 bits per heavy atom. The number of aromatic nitrogens is 2. The lowest BCUT2D eigenvalue weighted by Crippen LogP contribution is -2.56. The topological polar surface area (TPSA) is 57.5 Å².